The van der Waals surface area contributed by atoms with E-state index in [4.69, 9.17) is 11.6 Å². The van der Waals surface area contributed by atoms with Gasteiger partial charge in [-0.3, -0.25) is 4.79 Å². The minimum Gasteiger partial charge on any atom is -0.322 e. The molecule has 3 N–H and O–H groups in total. The molecule has 0 saturated carbocycles. The van der Waals surface area contributed by atoms with E-state index in [0.29, 0.717) is 6.54 Å². The Labute approximate surface area is 156 Å². The minimum atomic E-state index is -0.0302. The first-order valence-electron chi connectivity index (χ1n) is 8.46. The Bertz CT molecular complexity index is 712. The second-order valence-corrected chi connectivity index (χ2v) is 7.64. The van der Waals surface area contributed by atoms with Gasteiger partial charge in [0, 0.05) is 15.5 Å². The normalized spacial score (nSPS) is 20.7. The summed E-state index contributed by atoms with van der Waals surface area (Å²) in [5.41, 5.74) is 3.82. The Morgan fingerprint density at radius 1 is 1.16 bits per heavy atom. The van der Waals surface area contributed by atoms with Crippen molar-refractivity contribution in [2.45, 2.75) is 6.54 Å². The molecule has 0 bridgehead atoms. The van der Waals surface area contributed by atoms with Crippen molar-refractivity contribution in [1.29, 1.82) is 0 Å². The third-order valence-corrected chi connectivity index (χ3v) is 5.57. The van der Waals surface area contributed by atoms with E-state index in [0.717, 1.165) is 42.6 Å². The molecule has 25 heavy (non-hydrogen) atoms. The molecule has 2 aromatic rings. The number of rotatable bonds is 6. The molecule has 1 saturated heterocycles. The first-order valence-corrected chi connectivity index (χ1v) is 9.72. The number of benzene rings is 1. The van der Waals surface area contributed by atoms with Crippen molar-refractivity contribution in [2.24, 2.45) is 5.10 Å². The third-order valence-electron chi connectivity index (χ3n) is 4.40. The Kier molecular flexibility index (Phi) is 6.58. The summed E-state index contributed by atoms with van der Waals surface area (Å²) in [6.07, 6.45) is 1.68. The number of quaternary nitrogens is 2. The quantitative estimate of drug-likeness (QED) is 0.474. The van der Waals surface area contributed by atoms with Crippen LogP contribution in [0.5, 0.6) is 0 Å². The fraction of sp³-hybridized carbons (Fsp3) is 0.333. The molecule has 2 heterocycles. The van der Waals surface area contributed by atoms with Crippen molar-refractivity contribution in [1.82, 2.24) is 5.43 Å². The van der Waals surface area contributed by atoms with Crippen molar-refractivity contribution in [2.75, 3.05) is 32.7 Å². The lowest BCUT2D eigenvalue weighted by Crippen LogP contribution is -3.28. The van der Waals surface area contributed by atoms with Crippen LogP contribution in [0.2, 0.25) is 5.02 Å². The number of carbonyl (C=O) groups is 1. The van der Waals surface area contributed by atoms with Gasteiger partial charge in [-0.05, 0) is 17.5 Å². The predicted octanol–water partition coefficient (Wildman–Crippen LogP) is -0.165. The lowest BCUT2D eigenvalue weighted by atomic mass is 10.2. The highest BCUT2D eigenvalue weighted by atomic mass is 35.5. The van der Waals surface area contributed by atoms with Crippen LogP contribution in [-0.2, 0) is 11.3 Å². The lowest BCUT2D eigenvalue weighted by molar-refractivity contribution is -1.02. The largest absolute Gasteiger partial charge is 0.322 e. The van der Waals surface area contributed by atoms with Gasteiger partial charge in [0.05, 0.1) is 6.21 Å². The van der Waals surface area contributed by atoms with E-state index >= 15 is 0 Å². The number of nitrogens with zero attached hydrogens (tertiary/aromatic N) is 1. The zero-order valence-corrected chi connectivity index (χ0v) is 15.6. The van der Waals surface area contributed by atoms with E-state index < -0.39 is 0 Å². The van der Waals surface area contributed by atoms with Crippen LogP contribution in [0, 0.1) is 0 Å². The molecular weight excluding hydrogens is 356 g/mol. The van der Waals surface area contributed by atoms with E-state index in [9.17, 15) is 4.79 Å². The number of hydrogen-bond acceptors (Lipinski definition) is 3. The average Bonchev–Trinajstić information content (AvgIpc) is 3.12. The van der Waals surface area contributed by atoms with Gasteiger partial charge in [0.1, 0.15) is 32.7 Å². The standard InChI is InChI=1S/C18H21ClN4OS/c19-17-6-2-1-4-15(17)13-22-7-9-23(10-8-22)14-18(24)21-20-12-16-5-3-11-25-16/h1-6,11-12H,7-10,13-14H2,(H,21,24)/p+2/b20-12-. The summed E-state index contributed by atoms with van der Waals surface area (Å²) < 4.78 is 0. The molecule has 0 aliphatic carbocycles. The van der Waals surface area contributed by atoms with E-state index in [1.165, 1.54) is 15.4 Å². The van der Waals surface area contributed by atoms with E-state index in [1.54, 1.807) is 17.6 Å². The average molecular weight is 379 g/mol. The summed E-state index contributed by atoms with van der Waals surface area (Å²) in [5, 5.41) is 6.84. The molecule has 132 valence electrons. The molecule has 1 aromatic heterocycles. The molecule has 1 aliphatic rings. The maximum atomic E-state index is 12.0. The van der Waals surface area contributed by atoms with Crippen molar-refractivity contribution >= 4 is 35.1 Å². The van der Waals surface area contributed by atoms with Gasteiger partial charge in [-0.25, -0.2) is 5.43 Å². The van der Waals surface area contributed by atoms with Crippen LogP contribution >= 0.6 is 22.9 Å². The van der Waals surface area contributed by atoms with Crippen LogP contribution in [0.25, 0.3) is 0 Å². The van der Waals surface area contributed by atoms with Gasteiger partial charge >= 0.3 is 0 Å². The molecule has 1 amide bonds. The number of halogens is 1. The van der Waals surface area contributed by atoms with Crippen LogP contribution in [0.15, 0.2) is 46.9 Å². The maximum absolute atomic E-state index is 12.0. The van der Waals surface area contributed by atoms with E-state index in [-0.39, 0.29) is 5.91 Å². The fourth-order valence-electron chi connectivity index (χ4n) is 3.02. The fourth-order valence-corrected chi connectivity index (χ4v) is 3.81. The summed E-state index contributed by atoms with van der Waals surface area (Å²) >= 11 is 7.84. The minimum absolute atomic E-state index is 0.0302. The molecule has 5 nitrogen and oxygen atoms in total. The second kappa shape index (κ2) is 9.10. The molecule has 3 rings (SSSR count). The number of hydrazone groups is 1. The number of nitrogens with one attached hydrogen (secondary N) is 3. The first-order chi connectivity index (χ1) is 12.2. The van der Waals surface area contributed by atoms with Crippen LogP contribution < -0.4 is 15.2 Å². The van der Waals surface area contributed by atoms with Gasteiger partial charge in [-0.15, -0.1) is 11.3 Å². The van der Waals surface area contributed by atoms with Crippen molar-refractivity contribution < 1.29 is 14.6 Å². The summed E-state index contributed by atoms with van der Waals surface area (Å²) in [5.74, 6) is -0.0302. The Hall–Kier alpha value is -1.73. The van der Waals surface area contributed by atoms with Crippen LogP contribution in [0.1, 0.15) is 10.4 Å². The molecule has 0 spiro atoms. The number of thiophene rings is 1. The van der Waals surface area contributed by atoms with E-state index in [2.05, 4.69) is 16.6 Å². The molecule has 1 aromatic carbocycles. The van der Waals surface area contributed by atoms with Gasteiger partial charge in [-0.1, -0.05) is 35.9 Å². The van der Waals surface area contributed by atoms with Crippen molar-refractivity contribution in [3.8, 4) is 0 Å². The predicted molar refractivity (Wildman–Crippen MR) is 101 cm³/mol. The van der Waals surface area contributed by atoms with Crippen molar-refractivity contribution in [3.63, 3.8) is 0 Å². The summed E-state index contributed by atoms with van der Waals surface area (Å²) in [6.45, 7) is 5.49. The highest BCUT2D eigenvalue weighted by Crippen LogP contribution is 2.13. The smallest absolute Gasteiger partial charge is 0.295 e. The Morgan fingerprint density at radius 2 is 1.92 bits per heavy atom. The van der Waals surface area contributed by atoms with Crippen LogP contribution in [0.4, 0.5) is 0 Å². The molecule has 0 unspecified atom stereocenters. The maximum Gasteiger partial charge on any atom is 0.295 e. The molecule has 1 fully saturated rings. The van der Waals surface area contributed by atoms with E-state index in [1.807, 2.05) is 35.7 Å². The topological polar surface area (TPSA) is 50.3 Å². The van der Waals surface area contributed by atoms with Crippen LogP contribution in [-0.4, -0.2) is 44.8 Å². The zero-order valence-electron chi connectivity index (χ0n) is 14.0. The van der Waals surface area contributed by atoms with Gasteiger partial charge in [-0.2, -0.15) is 5.10 Å². The van der Waals surface area contributed by atoms with Crippen LogP contribution in [0.3, 0.4) is 0 Å². The molecule has 7 heteroatoms. The molecule has 0 radical (unpaired) electrons. The highest BCUT2D eigenvalue weighted by Gasteiger charge is 2.25. The Morgan fingerprint density at radius 3 is 2.64 bits per heavy atom. The number of piperazine rings is 1. The summed E-state index contributed by atoms with van der Waals surface area (Å²) in [6, 6.07) is 12.0. The molecular formula is C18H23ClN4OS+2. The van der Waals surface area contributed by atoms with Gasteiger partial charge < -0.3 is 9.80 Å². The van der Waals surface area contributed by atoms with Gasteiger partial charge in [0.25, 0.3) is 5.91 Å². The van der Waals surface area contributed by atoms with Gasteiger partial charge in [0.2, 0.25) is 0 Å². The Balaban J connectivity index is 1.38. The molecule has 1 aliphatic heterocycles. The lowest BCUT2D eigenvalue weighted by Gasteiger charge is -2.29. The second-order valence-electron chi connectivity index (χ2n) is 6.25. The number of amides is 1. The summed E-state index contributed by atoms with van der Waals surface area (Å²) in [7, 11) is 0. The van der Waals surface area contributed by atoms with Gasteiger partial charge in [0.15, 0.2) is 6.54 Å². The monoisotopic (exact) mass is 378 g/mol. The molecule has 0 atom stereocenters. The number of hydrogen-bond donors (Lipinski definition) is 3. The zero-order chi connectivity index (χ0) is 17.5. The number of carbonyl (C=O) groups excluding carboxylic acids is 1. The van der Waals surface area contributed by atoms with Crippen molar-refractivity contribution in [3.05, 3.63) is 57.2 Å². The SMILES string of the molecule is O=C(C[NH+]1CC[NH+](Cc2ccccc2Cl)CC1)N/N=C\c1cccs1. The summed E-state index contributed by atoms with van der Waals surface area (Å²) in [4.78, 5) is 15.9. The highest BCUT2D eigenvalue weighted by molar-refractivity contribution is 7.11. The first kappa shape index (κ1) is 18.1. The third kappa shape index (κ3) is 5.64.